The van der Waals surface area contributed by atoms with Crippen LogP contribution in [0.2, 0.25) is 0 Å². The number of hydrogen-bond acceptors (Lipinski definition) is 3. The maximum atomic E-state index is 11.5. The Morgan fingerprint density at radius 2 is 2.00 bits per heavy atom. The van der Waals surface area contributed by atoms with Gasteiger partial charge in [-0.15, -0.1) is 0 Å². The number of likely N-dealkylation sites (tertiary alicyclic amines) is 1. The van der Waals surface area contributed by atoms with E-state index in [1.807, 2.05) is 12.1 Å². The molecule has 0 spiro atoms. The van der Waals surface area contributed by atoms with Crippen molar-refractivity contribution in [1.82, 2.24) is 15.5 Å². The molecule has 1 amide bonds. The molecule has 132 valence electrons. The number of halogens is 1. The Balaban J connectivity index is 1.88. The summed E-state index contributed by atoms with van der Waals surface area (Å²) in [5.74, 6) is 0.817. The van der Waals surface area contributed by atoms with Crippen LogP contribution in [0, 0.1) is 0 Å². The first kappa shape index (κ1) is 18.6. The minimum atomic E-state index is -0.246. The monoisotopic (exact) mass is 396 g/mol. The van der Waals surface area contributed by atoms with Crippen molar-refractivity contribution in [3.63, 3.8) is 0 Å². The number of guanidine groups is 1. The van der Waals surface area contributed by atoms with E-state index >= 15 is 0 Å². The molecule has 6 nitrogen and oxygen atoms in total. The largest absolute Gasteiger partial charge is 0.453 e. The third kappa shape index (κ3) is 5.70. The lowest BCUT2D eigenvalue weighted by molar-refractivity contribution is 0.111. The van der Waals surface area contributed by atoms with Crippen LogP contribution in [0.25, 0.3) is 0 Å². The summed E-state index contributed by atoms with van der Waals surface area (Å²) in [6.07, 6.45) is 1.53. The average molecular weight is 397 g/mol. The zero-order chi connectivity index (χ0) is 17.4. The Kier molecular flexibility index (Phi) is 7.36. The van der Waals surface area contributed by atoms with E-state index in [-0.39, 0.29) is 6.09 Å². The first-order valence-corrected chi connectivity index (χ1v) is 9.04. The summed E-state index contributed by atoms with van der Waals surface area (Å²) in [6, 6.07) is 8.48. The second-order valence-electron chi connectivity index (χ2n) is 5.70. The van der Waals surface area contributed by atoms with Crippen LogP contribution in [0.5, 0.6) is 0 Å². The van der Waals surface area contributed by atoms with Gasteiger partial charge in [0, 0.05) is 30.1 Å². The highest BCUT2D eigenvalue weighted by Crippen LogP contribution is 2.12. The molecule has 0 saturated carbocycles. The molecule has 0 bridgehead atoms. The van der Waals surface area contributed by atoms with Gasteiger partial charge in [0.15, 0.2) is 5.96 Å². The molecule has 1 heterocycles. The molecule has 1 fully saturated rings. The summed E-state index contributed by atoms with van der Waals surface area (Å²) in [4.78, 5) is 17.9. The molecule has 1 aromatic rings. The third-order valence-electron chi connectivity index (χ3n) is 3.95. The van der Waals surface area contributed by atoms with Gasteiger partial charge in [-0.1, -0.05) is 28.1 Å². The first-order valence-electron chi connectivity index (χ1n) is 8.24. The van der Waals surface area contributed by atoms with Crippen LogP contribution in [0.3, 0.4) is 0 Å². The fraction of sp³-hybridized carbons (Fsp3) is 0.529. The molecule has 2 N–H and O–H groups in total. The molecular weight excluding hydrogens is 372 g/mol. The van der Waals surface area contributed by atoms with Crippen molar-refractivity contribution in [3.8, 4) is 0 Å². The molecule has 7 heteroatoms. The number of amides is 1. The Morgan fingerprint density at radius 3 is 2.58 bits per heavy atom. The van der Waals surface area contributed by atoms with Gasteiger partial charge in [0.1, 0.15) is 0 Å². The van der Waals surface area contributed by atoms with E-state index in [9.17, 15) is 4.79 Å². The van der Waals surface area contributed by atoms with Crippen molar-refractivity contribution in [2.75, 3.05) is 26.7 Å². The van der Waals surface area contributed by atoms with Crippen LogP contribution >= 0.6 is 15.9 Å². The maximum absolute atomic E-state index is 11.5. The summed E-state index contributed by atoms with van der Waals surface area (Å²) in [7, 11) is 1.42. The van der Waals surface area contributed by atoms with Crippen LogP contribution in [-0.2, 0) is 11.3 Å². The van der Waals surface area contributed by atoms with Gasteiger partial charge in [0.25, 0.3) is 0 Å². The summed E-state index contributed by atoms with van der Waals surface area (Å²) >= 11 is 3.44. The number of nitrogens with zero attached hydrogens (tertiary/aromatic N) is 2. The number of ether oxygens (including phenoxy) is 1. The Bertz CT molecular complexity index is 554. The van der Waals surface area contributed by atoms with Crippen LogP contribution < -0.4 is 10.6 Å². The average Bonchev–Trinajstić information content (AvgIpc) is 2.61. The van der Waals surface area contributed by atoms with Crippen molar-refractivity contribution in [3.05, 3.63) is 34.3 Å². The van der Waals surface area contributed by atoms with Gasteiger partial charge in [-0.3, -0.25) is 0 Å². The highest BCUT2D eigenvalue weighted by Gasteiger charge is 2.23. The SMILES string of the molecule is CCNC(=NCc1ccc(Br)cc1)NC1CCN(C(=O)OC)CC1. The summed E-state index contributed by atoms with van der Waals surface area (Å²) < 4.78 is 5.83. The highest BCUT2D eigenvalue weighted by atomic mass is 79.9. The number of nitrogens with one attached hydrogen (secondary N) is 2. The Labute approximate surface area is 151 Å². The minimum Gasteiger partial charge on any atom is -0.453 e. The molecule has 1 saturated heterocycles. The van der Waals surface area contributed by atoms with E-state index in [0.717, 1.165) is 35.4 Å². The van der Waals surface area contributed by atoms with Crippen molar-refractivity contribution >= 4 is 28.0 Å². The van der Waals surface area contributed by atoms with Crippen LogP contribution in [0.4, 0.5) is 4.79 Å². The molecule has 0 radical (unpaired) electrons. The van der Waals surface area contributed by atoms with Crippen molar-refractivity contribution < 1.29 is 9.53 Å². The lowest BCUT2D eigenvalue weighted by Crippen LogP contribution is -2.49. The van der Waals surface area contributed by atoms with Crippen LogP contribution in [0.1, 0.15) is 25.3 Å². The lowest BCUT2D eigenvalue weighted by atomic mass is 10.1. The van der Waals surface area contributed by atoms with E-state index in [1.165, 1.54) is 7.11 Å². The summed E-state index contributed by atoms with van der Waals surface area (Å²) in [5, 5.41) is 6.75. The van der Waals surface area contributed by atoms with Gasteiger partial charge in [-0.25, -0.2) is 9.79 Å². The van der Waals surface area contributed by atoms with E-state index in [4.69, 9.17) is 4.74 Å². The molecule has 24 heavy (non-hydrogen) atoms. The number of aliphatic imine (C=N–C) groups is 1. The normalized spacial score (nSPS) is 16.0. The Morgan fingerprint density at radius 1 is 1.33 bits per heavy atom. The fourth-order valence-electron chi connectivity index (χ4n) is 2.61. The molecule has 0 aromatic heterocycles. The molecule has 1 aromatic carbocycles. The highest BCUT2D eigenvalue weighted by molar-refractivity contribution is 9.10. The van der Waals surface area contributed by atoms with Crippen molar-refractivity contribution in [1.29, 1.82) is 0 Å². The van der Waals surface area contributed by atoms with Gasteiger partial charge in [0.05, 0.1) is 13.7 Å². The van der Waals surface area contributed by atoms with E-state index in [1.54, 1.807) is 4.90 Å². The summed E-state index contributed by atoms with van der Waals surface area (Å²) in [6.45, 7) is 4.90. The van der Waals surface area contributed by atoms with Gasteiger partial charge < -0.3 is 20.3 Å². The lowest BCUT2D eigenvalue weighted by Gasteiger charge is -2.32. The molecule has 0 unspecified atom stereocenters. The topological polar surface area (TPSA) is 66.0 Å². The molecular formula is C17H25BrN4O2. The fourth-order valence-corrected chi connectivity index (χ4v) is 2.87. The smallest absolute Gasteiger partial charge is 0.409 e. The van der Waals surface area contributed by atoms with E-state index in [0.29, 0.717) is 25.7 Å². The number of methoxy groups -OCH3 is 1. The van der Waals surface area contributed by atoms with Gasteiger partial charge >= 0.3 is 6.09 Å². The number of carbonyl (C=O) groups excluding carboxylic acids is 1. The number of hydrogen-bond donors (Lipinski definition) is 2. The number of piperidine rings is 1. The quantitative estimate of drug-likeness (QED) is 0.606. The minimum absolute atomic E-state index is 0.246. The standard InChI is InChI=1S/C17H25BrN4O2/c1-3-19-16(20-12-13-4-6-14(18)7-5-13)21-15-8-10-22(11-9-15)17(23)24-2/h4-7,15H,3,8-12H2,1-2H3,(H2,19,20,21). The van der Waals surface area contributed by atoms with E-state index < -0.39 is 0 Å². The number of rotatable bonds is 4. The van der Waals surface area contributed by atoms with E-state index in [2.05, 4.69) is 50.6 Å². The van der Waals surface area contributed by atoms with Crippen molar-refractivity contribution in [2.45, 2.75) is 32.4 Å². The maximum Gasteiger partial charge on any atom is 0.409 e. The molecule has 0 aliphatic carbocycles. The van der Waals surface area contributed by atoms with Crippen molar-refractivity contribution in [2.24, 2.45) is 4.99 Å². The molecule has 0 atom stereocenters. The number of carbonyl (C=O) groups is 1. The number of benzene rings is 1. The molecule has 1 aliphatic rings. The second-order valence-corrected chi connectivity index (χ2v) is 6.61. The molecule has 1 aliphatic heterocycles. The zero-order valence-electron chi connectivity index (χ0n) is 14.2. The van der Waals surface area contributed by atoms with Crippen LogP contribution in [0.15, 0.2) is 33.7 Å². The summed E-state index contributed by atoms with van der Waals surface area (Å²) in [5.41, 5.74) is 1.16. The van der Waals surface area contributed by atoms with Gasteiger partial charge in [-0.05, 0) is 37.5 Å². The zero-order valence-corrected chi connectivity index (χ0v) is 15.8. The predicted molar refractivity (Wildman–Crippen MR) is 99.1 cm³/mol. The second kappa shape index (κ2) is 9.52. The molecule has 2 rings (SSSR count). The van der Waals surface area contributed by atoms with Gasteiger partial charge in [0.2, 0.25) is 0 Å². The van der Waals surface area contributed by atoms with Crippen LogP contribution in [-0.4, -0.2) is 49.7 Å². The third-order valence-corrected chi connectivity index (χ3v) is 4.47. The van der Waals surface area contributed by atoms with Gasteiger partial charge in [-0.2, -0.15) is 0 Å². The Hall–Kier alpha value is -1.76. The predicted octanol–water partition coefficient (Wildman–Crippen LogP) is 2.74. The first-order chi connectivity index (χ1) is 11.6.